The van der Waals surface area contributed by atoms with Gasteiger partial charge in [0, 0.05) is 26.1 Å². The lowest BCUT2D eigenvalue weighted by atomic mass is 10.2. The Morgan fingerprint density at radius 1 is 1.06 bits per heavy atom. The molecular formula is C24H25ClN4O2. The highest BCUT2D eigenvalue weighted by Gasteiger charge is 2.17. The van der Waals surface area contributed by atoms with E-state index in [0.717, 1.165) is 16.9 Å². The van der Waals surface area contributed by atoms with E-state index in [2.05, 4.69) is 23.5 Å². The highest BCUT2D eigenvalue weighted by Crippen LogP contribution is 2.18. The average molecular weight is 437 g/mol. The fourth-order valence-electron chi connectivity index (χ4n) is 3.35. The number of hydrogen-bond donors (Lipinski definition) is 1. The Kier molecular flexibility index (Phi) is 7.62. The third-order valence-electron chi connectivity index (χ3n) is 4.83. The lowest BCUT2D eigenvalue weighted by Crippen LogP contribution is -2.34. The predicted octanol–water partition coefficient (Wildman–Crippen LogP) is 3.86. The Labute approximate surface area is 186 Å². The zero-order valence-electron chi connectivity index (χ0n) is 17.3. The minimum Gasteiger partial charge on any atom is -0.352 e. The predicted molar refractivity (Wildman–Crippen MR) is 124 cm³/mol. The third kappa shape index (κ3) is 5.41. The van der Waals surface area contributed by atoms with Gasteiger partial charge in [-0.25, -0.2) is 4.98 Å². The molecule has 0 aliphatic heterocycles. The monoisotopic (exact) mass is 436 g/mol. The van der Waals surface area contributed by atoms with Crippen LogP contribution in [0.25, 0.3) is 11.0 Å². The number of imidazole rings is 1. The van der Waals surface area contributed by atoms with Gasteiger partial charge in [0.05, 0.1) is 21.6 Å². The summed E-state index contributed by atoms with van der Waals surface area (Å²) in [4.78, 5) is 31.7. The van der Waals surface area contributed by atoms with Crippen molar-refractivity contribution in [1.29, 1.82) is 0 Å². The number of nitrogens with one attached hydrogen (secondary N) is 1. The number of fused-ring (bicyclic) bond motifs is 1. The van der Waals surface area contributed by atoms with Gasteiger partial charge >= 0.3 is 0 Å². The molecule has 3 rings (SSSR count). The van der Waals surface area contributed by atoms with Crippen LogP contribution in [0.15, 0.2) is 73.8 Å². The smallest absolute Gasteiger partial charge is 0.252 e. The molecule has 1 aromatic heterocycles. The van der Waals surface area contributed by atoms with Gasteiger partial charge in [-0.2, -0.15) is 0 Å². The Morgan fingerprint density at radius 3 is 2.45 bits per heavy atom. The molecule has 0 radical (unpaired) electrons. The van der Waals surface area contributed by atoms with E-state index in [1.165, 1.54) is 0 Å². The first-order chi connectivity index (χ1) is 15.0. The first-order valence-electron chi connectivity index (χ1n) is 10.0. The summed E-state index contributed by atoms with van der Waals surface area (Å²) >= 11 is 6.10. The average Bonchev–Trinajstić information content (AvgIpc) is 3.11. The molecule has 0 fully saturated rings. The summed E-state index contributed by atoms with van der Waals surface area (Å²) in [6.45, 7) is 8.85. The van der Waals surface area contributed by atoms with E-state index in [-0.39, 0.29) is 18.4 Å². The molecule has 31 heavy (non-hydrogen) atoms. The maximum atomic E-state index is 12.9. The summed E-state index contributed by atoms with van der Waals surface area (Å²) in [5, 5.41) is 3.28. The van der Waals surface area contributed by atoms with Crippen molar-refractivity contribution < 1.29 is 9.59 Å². The molecule has 2 aromatic carbocycles. The standard InChI is InChI=1S/C24H25ClN4O2/c1-3-15-28(16-4-2)23(30)17-29-21-12-8-7-11-20(21)27-22(29)13-14-26-24(31)18-9-5-6-10-19(18)25/h3-12H,1-2,13-17H2,(H,26,31). The summed E-state index contributed by atoms with van der Waals surface area (Å²) < 4.78 is 1.90. The Hall–Kier alpha value is -3.38. The lowest BCUT2D eigenvalue weighted by Gasteiger charge is -2.20. The van der Waals surface area contributed by atoms with Crippen molar-refractivity contribution in [2.75, 3.05) is 19.6 Å². The van der Waals surface area contributed by atoms with Crippen LogP contribution in [-0.2, 0) is 17.8 Å². The molecule has 0 spiro atoms. The van der Waals surface area contributed by atoms with Gasteiger partial charge in [-0.1, -0.05) is 48.0 Å². The van der Waals surface area contributed by atoms with Crippen LogP contribution in [0.2, 0.25) is 5.02 Å². The number of benzene rings is 2. The van der Waals surface area contributed by atoms with Gasteiger partial charge in [0.1, 0.15) is 12.4 Å². The van der Waals surface area contributed by atoms with E-state index in [1.54, 1.807) is 41.3 Å². The van der Waals surface area contributed by atoms with Gasteiger partial charge in [-0.3, -0.25) is 9.59 Å². The second-order valence-corrected chi connectivity index (χ2v) is 7.37. The molecule has 160 valence electrons. The number of amides is 2. The van der Waals surface area contributed by atoms with Crippen molar-refractivity contribution in [3.05, 3.63) is 90.3 Å². The van der Waals surface area contributed by atoms with Crippen LogP contribution in [0.1, 0.15) is 16.2 Å². The molecular weight excluding hydrogens is 412 g/mol. The zero-order chi connectivity index (χ0) is 22.2. The van der Waals surface area contributed by atoms with E-state index in [0.29, 0.717) is 36.6 Å². The largest absolute Gasteiger partial charge is 0.352 e. The van der Waals surface area contributed by atoms with Crippen LogP contribution in [0.5, 0.6) is 0 Å². The quantitative estimate of drug-likeness (QED) is 0.491. The van der Waals surface area contributed by atoms with Crippen molar-refractivity contribution >= 4 is 34.4 Å². The summed E-state index contributed by atoms with van der Waals surface area (Å²) in [6.07, 6.45) is 3.86. The van der Waals surface area contributed by atoms with Crippen LogP contribution >= 0.6 is 11.6 Å². The summed E-state index contributed by atoms with van der Waals surface area (Å²) in [6, 6.07) is 14.6. The van der Waals surface area contributed by atoms with Crippen molar-refractivity contribution in [2.45, 2.75) is 13.0 Å². The normalized spacial score (nSPS) is 10.6. The van der Waals surface area contributed by atoms with Gasteiger partial charge in [-0.15, -0.1) is 13.2 Å². The van der Waals surface area contributed by atoms with Crippen LogP contribution in [0.3, 0.4) is 0 Å². The van der Waals surface area contributed by atoms with E-state index in [4.69, 9.17) is 11.6 Å². The van der Waals surface area contributed by atoms with E-state index < -0.39 is 0 Å². The van der Waals surface area contributed by atoms with Gasteiger partial charge in [0.15, 0.2) is 0 Å². The van der Waals surface area contributed by atoms with Gasteiger partial charge in [0.2, 0.25) is 5.91 Å². The number of para-hydroxylation sites is 2. The summed E-state index contributed by atoms with van der Waals surface area (Å²) in [7, 11) is 0. The van der Waals surface area contributed by atoms with E-state index in [9.17, 15) is 9.59 Å². The highest BCUT2D eigenvalue weighted by atomic mass is 35.5. The maximum absolute atomic E-state index is 12.9. The van der Waals surface area contributed by atoms with Crippen LogP contribution in [0.4, 0.5) is 0 Å². The summed E-state index contributed by atoms with van der Waals surface area (Å²) in [5.41, 5.74) is 2.11. The number of carbonyl (C=O) groups excluding carboxylic acids is 2. The minimum absolute atomic E-state index is 0.0516. The van der Waals surface area contributed by atoms with Crippen LogP contribution in [-0.4, -0.2) is 45.9 Å². The second-order valence-electron chi connectivity index (χ2n) is 6.96. The Bertz CT molecular complexity index is 1100. The third-order valence-corrected chi connectivity index (χ3v) is 5.16. The summed E-state index contributed by atoms with van der Waals surface area (Å²) in [5.74, 6) is 0.433. The number of nitrogens with zero attached hydrogens (tertiary/aromatic N) is 3. The topological polar surface area (TPSA) is 67.2 Å². The second kappa shape index (κ2) is 10.6. The Morgan fingerprint density at radius 2 is 1.74 bits per heavy atom. The molecule has 0 aliphatic rings. The van der Waals surface area contributed by atoms with Crippen molar-refractivity contribution in [3.63, 3.8) is 0 Å². The molecule has 0 bridgehead atoms. The van der Waals surface area contributed by atoms with Crippen molar-refractivity contribution in [3.8, 4) is 0 Å². The molecule has 0 saturated heterocycles. The fourth-order valence-corrected chi connectivity index (χ4v) is 3.57. The van der Waals surface area contributed by atoms with Gasteiger partial charge in [0.25, 0.3) is 5.91 Å². The molecule has 0 saturated carbocycles. The first-order valence-corrected chi connectivity index (χ1v) is 10.4. The molecule has 3 aromatic rings. The van der Waals surface area contributed by atoms with Crippen molar-refractivity contribution in [1.82, 2.24) is 19.8 Å². The van der Waals surface area contributed by atoms with Gasteiger partial charge in [-0.05, 0) is 24.3 Å². The van der Waals surface area contributed by atoms with Crippen molar-refractivity contribution in [2.24, 2.45) is 0 Å². The SMILES string of the molecule is C=CCN(CC=C)C(=O)Cn1c(CCNC(=O)c2ccccc2Cl)nc2ccccc21. The minimum atomic E-state index is -0.243. The van der Waals surface area contributed by atoms with Crippen LogP contribution in [0, 0.1) is 0 Å². The molecule has 0 atom stereocenters. The zero-order valence-corrected chi connectivity index (χ0v) is 18.0. The fraction of sp³-hybridized carbons (Fsp3) is 0.208. The van der Waals surface area contributed by atoms with Gasteiger partial charge < -0.3 is 14.8 Å². The molecule has 6 nitrogen and oxygen atoms in total. The number of carbonyl (C=O) groups is 2. The Balaban J connectivity index is 1.76. The first kappa shape index (κ1) is 22.3. The van der Waals surface area contributed by atoms with E-state index >= 15 is 0 Å². The number of aromatic nitrogens is 2. The van der Waals surface area contributed by atoms with Crippen LogP contribution < -0.4 is 5.32 Å². The molecule has 0 aliphatic carbocycles. The number of hydrogen-bond acceptors (Lipinski definition) is 3. The molecule has 0 unspecified atom stereocenters. The number of rotatable bonds is 10. The van der Waals surface area contributed by atoms with E-state index in [1.807, 2.05) is 28.8 Å². The molecule has 2 amide bonds. The molecule has 1 N–H and O–H groups in total. The number of halogens is 1. The maximum Gasteiger partial charge on any atom is 0.252 e. The highest BCUT2D eigenvalue weighted by molar-refractivity contribution is 6.33. The lowest BCUT2D eigenvalue weighted by molar-refractivity contribution is -0.130. The molecule has 1 heterocycles. The molecule has 7 heteroatoms.